The smallest absolute Gasteiger partial charge is 0.0429 e. The van der Waals surface area contributed by atoms with Crippen molar-refractivity contribution in [2.24, 2.45) is 4.99 Å². The van der Waals surface area contributed by atoms with Crippen LogP contribution in [0.5, 0.6) is 0 Å². The molecule has 14 heavy (non-hydrogen) atoms. The van der Waals surface area contributed by atoms with Crippen molar-refractivity contribution in [2.45, 2.75) is 33.1 Å². The predicted octanol–water partition coefficient (Wildman–Crippen LogP) is 3.49. The molecule has 0 radical (unpaired) electrons. The van der Waals surface area contributed by atoms with Crippen molar-refractivity contribution in [3.05, 3.63) is 35.9 Å². The number of aliphatic imine (C=N–C) groups is 1. The van der Waals surface area contributed by atoms with Crippen molar-refractivity contribution in [3.63, 3.8) is 0 Å². The summed E-state index contributed by atoms with van der Waals surface area (Å²) < 4.78 is 0. The van der Waals surface area contributed by atoms with Crippen LogP contribution in [-0.2, 0) is 6.42 Å². The Morgan fingerprint density at radius 1 is 1.07 bits per heavy atom. The highest BCUT2D eigenvalue weighted by molar-refractivity contribution is 5.83. The highest BCUT2D eigenvalue weighted by Crippen LogP contribution is 2.00. The monoisotopic (exact) mass is 189 g/mol. The predicted molar refractivity (Wildman–Crippen MR) is 63.0 cm³/mol. The molecule has 0 amide bonds. The van der Waals surface area contributed by atoms with Crippen molar-refractivity contribution in [2.75, 3.05) is 6.54 Å². The zero-order chi connectivity index (χ0) is 10.2. The molecule has 1 heteroatoms. The number of hydrogen-bond acceptors (Lipinski definition) is 1. The van der Waals surface area contributed by atoms with E-state index in [1.807, 2.05) is 0 Å². The topological polar surface area (TPSA) is 12.4 Å². The first-order valence-electron chi connectivity index (χ1n) is 5.43. The lowest BCUT2D eigenvalue weighted by Crippen LogP contribution is -1.97. The molecule has 1 nitrogen and oxygen atoms in total. The van der Waals surface area contributed by atoms with Gasteiger partial charge < -0.3 is 0 Å². The molecule has 0 aliphatic heterocycles. The summed E-state index contributed by atoms with van der Waals surface area (Å²) in [5.74, 6) is 0. The Hall–Kier alpha value is -1.11. The number of nitrogens with zero attached hydrogens (tertiary/aromatic N) is 1. The van der Waals surface area contributed by atoms with E-state index in [-0.39, 0.29) is 0 Å². The second-order valence-corrected chi connectivity index (χ2v) is 3.39. The molecule has 0 aliphatic rings. The Morgan fingerprint density at radius 2 is 1.71 bits per heavy atom. The number of hydrogen-bond donors (Lipinski definition) is 0. The van der Waals surface area contributed by atoms with Gasteiger partial charge >= 0.3 is 0 Å². The summed E-state index contributed by atoms with van der Waals surface area (Å²) in [5.41, 5.74) is 2.71. The SMILES string of the molecule is CCC(CC)=NCCc1ccccc1. The minimum atomic E-state index is 0.932. The van der Waals surface area contributed by atoms with Gasteiger partial charge in [-0.1, -0.05) is 44.2 Å². The third-order valence-corrected chi connectivity index (χ3v) is 2.39. The van der Waals surface area contributed by atoms with E-state index in [4.69, 9.17) is 0 Å². The minimum Gasteiger partial charge on any atom is -0.294 e. The molecule has 0 bridgehead atoms. The first-order chi connectivity index (χ1) is 6.86. The molecule has 0 aliphatic carbocycles. The Labute approximate surface area is 86.9 Å². The quantitative estimate of drug-likeness (QED) is 0.629. The Bertz CT molecular complexity index is 269. The molecule has 0 fully saturated rings. The van der Waals surface area contributed by atoms with Crippen molar-refractivity contribution in [1.29, 1.82) is 0 Å². The normalized spacial score (nSPS) is 9.86. The summed E-state index contributed by atoms with van der Waals surface area (Å²) in [6.07, 6.45) is 3.24. The zero-order valence-electron chi connectivity index (χ0n) is 9.16. The zero-order valence-corrected chi connectivity index (χ0v) is 9.16. The third kappa shape index (κ3) is 3.73. The van der Waals surface area contributed by atoms with Gasteiger partial charge in [0.25, 0.3) is 0 Å². The van der Waals surface area contributed by atoms with Crippen LogP contribution in [-0.4, -0.2) is 12.3 Å². The maximum atomic E-state index is 4.57. The molecular formula is C13H19N. The first-order valence-corrected chi connectivity index (χ1v) is 5.43. The third-order valence-electron chi connectivity index (χ3n) is 2.39. The Balaban J connectivity index is 2.38. The fourth-order valence-electron chi connectivity index (χ4n) is 1.46. The first kappa shape index (κ1) is 11.0. The standard InChI is InChI=1S/C13H19N/c1-3-13(4-2)14-11-10-12-8-6-5-7-9-12/h5-9H,3-4,10-11H2,1-2H3. The molecule has 0 heterocycles. The van der Waals surface area contributed by atoms with Crippen LogP contribution in [0.25, 0.3) is 0 Å². The lowest BCUT2D eigenvalue weighted by Gasteiger charge is -2.00. The van der Waals surface area contributed by atoms with Crippen LogP contribution in [0, 0.1) is 0 Å². The van der Waals surface area contributed by atoms with Crippen LogP contribution < -0.4 is 0 Å². The highest BCUT2D eigenvalue weighted by Gasteiger charge is 1.92. The lowest BCUT2D eigenvalue weighted by molar-refractivity contribution is 0.948. The summed E-state index contributed by atoms with van der Waals surface area (Å²) in [5, 5.41) is 0. The summed E-state index contributed by atoms with van der Waals surface area (Å²) in [6.45, 7) is 5.27. The Morgan fingerprint density at radius 3 is 2.29 bits per heavy atom. The molecule has 76 valence electrons. The average Bonchev–Trinajstić information content (AvgIpc) is 2.26. The molecule has 1 aromatic carbocycles. The Kier molecular flexibility index (Phi) is 4.98. The summed E-state index contributed by atoms with van der Waals surface area (Å²) in [7, 11) is 0. The van der Waals surface area contributed by atoms with Crippen LogP contribution in [0.2, 0.25) is 0 Å². The van der Waals surface area contributed by atoms with E-state index < -0.39 is 0 Å². The number of rotatable bonds is 5. The molecule has 0 saturated carbocycles. The van der Waals surface area contributed by atoms with Gasteiger partial charge in [0.2, 0.25) is 0 Å². The van der Waals surface area contributed by atoms with Crippen LogP contribution in [0.15, 0.2) is 35.3 Å². The maximum Gasteiger partial charge on any atom is 0.0429 e. The molecule has 1 rings (SSSR count). The molecule has 0 saturated heterocycles. The fourth-order valence-corrected chi connectivity index (χ4v) is 1.46. The van der Waals surface area contributed by atoms with Crippen molar-refractivity contribution >= 4 is 5.71 Å². The van der Waals surface area contributed by atoms with Crippen LogP contribution in [0.1, 0.15) is 32.3 Å². The van der Waals surface area contributed by atoms with Gasteiger partial charge in [-0.05, 0) is 24.8 Å². The van der Waals surface area contributed by atoms with Gasteiger partial charge in [-0.3, -0.25) is 4.99 Å². The van der Waals surface area contributed by atoms with E-state index in [0.29, 0.717) is 0 Å². The van der Waals surface area contributed by atoms with Gasteiger partial charge in [-0.2, -0.15) is 0 Å². The second kappa shape index (κ2) is 6.36. The van der Waals surface area contributed by atoms with Crippen molar-refractivity contribution in [3.8, 4) is 0 Å². The van der Waals surface area contributed by atoms with Crippen LogP contribution in [0.4, 0.5) is 0 Å². The lowest BCUT2D eigenvalue weighted by atomic mass is 10.1. The molecule has 1 aromatic rings. The molecule has 0 spiro atoms. The van der Waals surface area contributed by atoms with Crippen molar-refractivity contribution < 1.29 is 0 Å². The maximum absolute atomic E-state index is 4.57. The molecule has 0 atom stereocenters. The van der Waals surface area contributed by atoms with Gasteiger partial charge in [-0.15, -0.1) is 0 Å². The minimum absolute atomic E-state index is 0.932. The van der Waals surface area contributed by atoms with E-state index in [9.17, 15) is 0 Å². The molecular weight excluding hydrogens is 170 g/mol. The number of benzene rings is 1. The fraction of sp³-hybridized carbons (Fsp3) is 0.462. The van der Waals surface area contributed by atoms with E-state index in [1.165, 1.54) is 11.3 Å². The van der Waals surface area contributed by atoms with Crippen LogP contribution in [0.3, 0.4) is 0 Å². The van der Waals surface area contributed by atoms with Crippen LogP contribution >= 0.6 is 0 Å². The molecule has 0 aromatic heterocycles. The molecule has 0 N–H and O–H groups in total. The van der Waals surface area contributed by atoms with Gasteiger partial charge in [0.05, 0.1) is 0 Å². The van der Waals surface area contributed by atoms with E-state index >= 15 is 0 Å². The van der Waals surface area contributed by atoms with E-state index in [1.54, 1.807) is 0 Å². The highest BCUT2D eigenvalue weighted by atomic mass is 14.7. The van der Waals surface area contributed by atoms with E-state index in [2.05, 4.69) is 49.2 Å². The largest absolute Gasteiger partial charge is 0.294 e. The summed E-state index contributed by atoms with van der Waals surface area (Å²) >= 11 is 0. The van der Waals surface area contributed by atoms with Gasteiger partial charge in [0.1, 0.15) is 0 Å². The van der Waals surface area contributed by atoms with Gasteiger partial charge in [-0.25, -0.2) is 0 Å². The second-order valence-electron chi connectivity index (χ2n) is 3.39. The van der Waals surface area contributed by atoms with E-state index in [0.717, 1.165) is 25.8 Å². The van der Waals surface area contributed by atoms with Gasteiger partial charge in [0, 0.05) is 12.3 Å². The average molecular weight is 189 g/mol. The summed E-state index contributed by atoms with van der Waals surface area (Å²) in [6, 6.07) is 10.5. The van der Waals surface area contributed by atoms with Gasteiger partial charge in [0.15, 0.2) is 0 Å². The van der Waals surface area contributed by atoms with Crippen molar-refractivity contribution in [1.82, 2.24) is 0 Å². The summed E-state index contributed by atoms with van der Waals surface area (Å²) in [4.78, 5) is 4.57. The molecule has 0 unspecified atom stereocenters.